The van der Waals surface area contributed by atoms with Crippen LogP contribution in [-0.4, -0.2) is 133 Å². The second kappa shape index (κ2) is 10.7. The van der Waals surface area contributed by atoms with Crippen molar-refractivity contribution in [2.75, 3.05) is 26.4 Å². The zero-order valence-corrected chi connectivity index (χ0v) is 14.7. The van der Waals surface area contributed by atoms with Gasteiger partial charge in [0.25, 0.3) is 0 Å². The van der Waals surface area contributed by atoms with Gasteiger partial charge in [0.05, 0.1) is 19.8 Å². The van der Waals surface area contributed by atoms with Crippen molar-refractivity contribution in [1.29, 1.82) is 0 Å². The highest BCUT2D eigenvalue weighted by Gasteiger charge is 2.58. The van der Waals surface area contributed by atoms with Gasteiger partial charge in [0.2, 0.25) is 5.79 Å². The molecule has 14 nitrogen and oxygen atoms in total. The third-order valence-electron chi connectivity index (χ3n) is 4.24. The molecule has 14 heteroatoms. The van der Waals surface area contributed by atoms with Gasteiger partial charge in [-0.2, -0.15) is 0 Å². The smallest absolute Gasteiger partial charge is 0.317 e. The summed E-state index contributed by atoms with van der Waals surface area (Å²) in [5.74, 6) is -3.19. The van der Waals surface area contributed by atoms with Crippen LogP contribution in [-0.2, 0) is 19.0 Å². The highest BCUT2D eigenvalue weighted by molar-refractivity contribution is 5.68. The van der Waals surface area contributed by atoms with Crippen LogP contribution in [0.25, 0.3) is 0 Å². The number of hydrogen-bond acceptors (Lipinski definition) is 13. The second-order valence-corrected chi connectivity index (χ2v) is 6.16. The van der Waals surface area contributed by atoms with Crippen molar-refractivity contribution < 1.29 is 65.0 Å². The predicted molar refractivity (Wildman–Crippen MR) is 85.3 cm³/mol. The number of hydrogen-bond donors (Lipinski definition) is 10. The number of aliphatic carboxylic acids is 1. The fourth-order valence-electron chi connectivity index (χ4n) is 2.63. The Morgan fingerprint density at radius 1 is 0.929 bits per heavy atom. The molecule has 0 radical (unpaired) electrons. The van der Waals surface area contributed by atoms with E-state index in [2.05, 4.69) is 5.73 Å². The molecule has 11 N–H and O–H groups in total. The molecule has 0 unspecified atom stereocenters. The molecule has 0 aromatic heterocycles. The summed E-state index contributed by atoms with van der Waals surface area (Å²) < 4.78 is 15.4. The van der Waals surface area contributed by atoms with Crippen LogP contribution in [0, 0.1) is 0 Å². The highest BCUT2D eigenvalue weighted by Crippen LogP contribution is 2.35. The van der Waals surface area contributed by atoms with E-state index in [1.807, 2.05) is 0 Å². The second-order valence-electron chi connectivity index (χ2n) is 6.16. The molecule has 2 saturated heterocycles. The van der Waals surface area contributed by atoms with Gasteiger partial charge in [-0.25, -0.2) is 0 Å². The van der Waals surface area contributed by atoms with E-state index in [1.54, 1.807) is 0 Å². The summed E-state index contributed by atoms with van der Waals surface area (Å²) in [5, 5.41) is 84.3. The molecule has 0 bridgehead atoms. The van der Waals surface area contributed by atoms with E-state index in [-0.39, 0.29) is 6.54 Å². The van der Waals surface area contributed by atoms with Crippen LogP contribution < -0.4 is 5.73 Å². The molecule has 9 atom stereocenters. The van der Waals surface area contributed by atoms with Crippen molar-refractivity contribution in [3.05, 3.63) is 0 Å². The van der Waals surface area contributed by atoms with Crippen LogP contribution in [0.4, 0.5) is 0 Å². The first-order valence-corrected chi connectivity index (χ1v) is 8.24. The highest BCUT2D eigenvalue weighted by atomic mass is 16.8. The Labute approximate surface area is 158 Å². The summed E-state index contributed by atoms with van der Waals surface area (Å²) >= 11 is 0. The lowest BCUT2D eigenvalue weighted by Gasteiger charge is -2.43. The Kier molecular flexibility index (Phi) is 9.54. The molecule has 0 aromatic carbocycles. The number of rotatable bonds is 6. The minimum Gasteiger partial charge on any atom is -0.480 e. The summed E-state index contributed by atoms with van der Waals surface area (Å²) in [5.41, 5.74) is 4.57. The van der Waals surface area contributed by atoms with Gasteiger partial charge in [0.1, 0.15) is 49.3 Å². The zero-order valence-electron chi connectivity index (χ0n) is 14.7. The van der Waals surface area contributed by atoms with E-state index in [1.165, 1.54) is 0 Å². The van der Waals surface area contributed by atoms with Crippen molar-refractivity contribution in [3.8, 4) is 0 Å². The summed E-state index contributed by atoms with van der Waals surface area (Å²) in [4.78, 5) is 9.24. The van der Waals surface area contributed by atoms with E-state index >= 15 is 0 Å². The normalized spacial score (nSPS) is 43.3. The monoisotopic (exact) mass is 417 g/mol. The van der Waals surface area contributed by atoms with Crippen LogP contribution in [0.2, 0.25) is 0 Å². The summed E-state index contributed by atoms with van der Waals surface area (Å²) in [7, 11) is 0. The standard InChI is InChI=1S/C12H22O11.C2H5NO2/c13-1-4-6(16)8(18)9(19)11(21-4)23-12(3-15)10(20)7(17)5(2-14)22-12;3-1-2(4)5/h4-11,13-20H,1-3H2;1,3H2,(H,4,5)/t4-,5-,6-,7-,8+,9-,10+,11-,12+;/m1./s1. The molecule has 28 heavy (non-hydrogen) atoms. The minimum absolute atomic E-state index is 0.278. The molecule has 2 aliphatic heterocycles. The molecule has 2 rings (SSSR count). The van der Waals surface area contributed by atoms with Crippen LogP contribution in [0.3, 0.4) is 0 Å². The van der Waals surface area contributed by atoms with E-state index in [4.69, 9.17) is 29.5 Å². The fraction of sp³-hybridized carbons (Fsp3) is 0.929. The minimum atomic E-state index is -2.22. The number of carboxylic acid groups (broad SMARTS) is 1. The van der Waals surface area contributed by atoms with Crippen LogP contribution in [0.1, 0.15) is 0 Å². The van der Waals surface area contributed by atoms with Gasteiger partial charge in [-0.15, -0.1) is 0 Å². The van der Waals surface area contributed by atoms with Crippen molar-refractivity contribution in [1.82, 2.24) is 0 Å². The van der Waals surface area contributed by atoms with Crippen LogP contribution in [0.5, 0.6) is 0 Å². The number of carboxylic acids is 1. The number of ether oxygens (including phenoxy) is 3. The van der Waals surface area contributed by atoms with Crippen molar-refractivity contribution >= 4 is 5.97 Å². The molecule has 0 spiro atoms. The van der Waals surface area contributed by atoms with Gasteiger partial charge in [-0.05, 0) is 0 Å². The Morgan fingerprint density at radius 2 is 1.46 bits per heavy atom. The van der Waals surface area contributed by atoms with Gasteiger partial charge >= 0.3 is 5.97 Å². The SMILES string of the molecule is NCC(=O)O.OC[C@H]1O[C@@](CO)(O[C@H]2O[C@H](CO)[C@@H](O)[C@H](O)[C@H]2O)[C@@H](O)[C@@H]1O. The third kappa shape index (κ3) is 5.32. The first-order chi connectivity index (χ1) is 13.1. The largest absolute Gasteiger partial charge is 0.480 e. The van der Waals surface area contributed by atoms with E-state index in [9.17, 15) is 35.4 Å². The van der Waals surface area contributed by atoms with Gasteiger partial charge in [0.15, 0.2) is 6.29 Å². The predicted octanol–water partition coefficient (Wildman–Crippen LogP) is -6.37. The molecule has 0 amide bonds. The first-order valence-electron chi connectivity index (χ1n) is 8.24. The average molecular weight is 417 g/mol. The fourth-order valence-corrected chi connectivity index (χ4v) is 2.63. The summed E-state index contributed by atoms with van der Waals surface area (Å²) in [6.45, 7) is -2.60. The number of carbonyl (C=O) groups is 1. The Morgan fingerprint density at radius 3 is 1.86 bits per heavy atom. The lowest BCUT2D eigenvalue weighted by atomic mass is 9.99. The molecule has 2 heterocycles. The van der Waals surface area contributed by atoms with E-state index in [0.29, 0.717) is 0 Å². The number of aliphatic hydroxyl groups is 8. The topological polar surface area (TPSA) is 253 Å². The Balaban J connectivity index is 0.000000696. The summed E-state index contributed by atoms with van der Waals surface area (Å²) in [6.07, 6.45) is -12.7. The quantitative estimate of drug-likeness (QED) is 0.193. The van der Waals surface area contributed by atoms with Crippen LogP contribution in [0.15, 0.2) is 0 Å². The van der Waals surface area contributed by atoms with Crippen molar-refractivity contribution in [2.45, 2.75) is 54.8 Å². The maximum absolute atomic E-state index is 10.00. The lowest BCUT2D eigenvalue weighted by molar-refractivity contribution is -0.383. The molecule has 0 aromatic rings. The van der Waals surface area contributed by atoms with Gasteiger partial charge in [0, 0.05) is 0 Å². The summed E-state index contributed by atoms with van der Waals surface area (Å²) in [6, 6.07) is 0. The van der Waals surface area contributed by atoms with Gasteiger partial charge in [-0.1, -0.05) is 0 Å². The lowest BCUT2D eigenvalue weighted by Crippen LogP contribution is -2.62. The molecule has 0 aliphatic carbocycles. The maximum Gasteiger partial charge on any atom is 0.317 e. The van der Waals surface area contributed by atoms with Crippen molar-refractivity contribution in [3.63, 3.8) is 0 Å². The molecule has 2 fully saturated rings. The van der Waals surface area contributed by atoms with E-state index in [0.717, 1.165) is 0 Å². The number of aliphatic hydroxyl groups excluding tert-OH is 8. The molecular weight excluding hydrogens is 390 g/mol. The first kappa shape index (κ1) is 25.0. The zero-order chi connectivity index (χ0) is 21.6. The molecule has 0 saturated carbocycles. The van der Waals surface area contributed by atoms with Crippen LogP contribution >= 0.6 is 0 Å². The molecular formula is C14H27NO13. The molecule has 166 valence electrons. The third-order valence-corrected chi connectivity index (χ3v) is 4.24. The Bertz CT molecular complexity index is 494. The number of nitrogens with two attached hydrogens (primary N) is 1. The van der Waals surface area contributed by atoms with Crippen molar-refractivity contribution in [2.24, 2.45) is 5.73 Å². The van der Waals surface area contributed by atoms with Gasteiger partial charge in [-0.3, -0.25) is 4.79 Å². The maximum atomic E-state index is 10.00. The average Bonchev–Trinajstić information content (AvgIpc) is 2.93. The van der Waals surface area contributed by atoms with Gasteiger partial charge < -0.3 is 65.9 Å². The van der Waals surface area contributed by atoms with E-state index < -0.39 is 80.6 Å². The Hall–Kier alpha value is -1.01. The molecule has 2 aliphatic rings.